The van der Waals surface area contributed by atoms with E-state index in [9.17, 15) is 4.79 Å². The third-order valence-electron chi connectivity index (χ3n) is 2.46. The van der Waals surface area contributed by atoms with Crippen molar-refractivity contribution < 1.29 is 4.79 Å². The van der Waals surface area contributed by atoms with Crippen LogP contribution in [0.3, 0.4) is 0 Å². The number of nitrogens with zero attached hydrogens (tertiary/aromatic N) is 3. The van der Waals surface area contributed by atoms with Gasteiger partial charge in [0.05, 0.1) is 10.1 Å². The number of rotatable bonds is 5. The van der Waals surface area contributed by atoms with E-state index < -0.39 is 0 Å². The van der Waals surface area contributed by atoms with Gasteiger partial charge >= 0.3 is 0 Å². The SMILES string of the molecule is CCn1c(S[C@H](C)C(N)=O)nnc1-c1cccs1. The topological polar surface area (TPSA) is 73.8 Å². The van der Waals surface area contributed by atoms with E-state index in [0.29, 0.717) is 0 Å². The summed E-state index contributed by atoms with van der Waals surface area (Å²) in [5.74, 6) is 0.495. The van der Waals surface area contributed by atoms with E-state index in [2.05, 4.69) is 10.2 Å². The third-order valence-corrected chi connectivity index (χ3v) is 4.42. The van der Waals surface area contributed by atoms with Crippen LogP contribution in [0.25, 0.3) is 10.7 Å². The molecule has 5 nitrogen and oxygen atoms in total. The van der Waals surface area contributed by atoms with Crippen LogP contribution in [0.2, 0.25) is 0 Å². The zero-order chi connectivity index (χ0) is 13.1. The maximum atomic E-state index is 11.1. The van der Waals surface area contributed by atoms with Crippen molar-refractivity contribution in [3.05, 3.63) is 17.5 Å². The number of carbonyl (C=O) groups excluding carboxylic acids is 1. The van der Waals surface area contributed by atoms with Gasteiger partial charge in [-0.2, -0.15) is 0 Å². The van der Waals surface area contributed by atoms with Crippen LogP contribution in [0, 0.1) is 0 Å². The Morgan fingerprint density at radius 3 is 2.94 bits per heavy atom. The fourth-order valence-electron chi connectivity index (χ4n) is 1.47. The summed E-state index contributed by atoms with van der Waals surface area (Å²) in [6.07, 6.45) is 0. The van der Waals surface area contributed by atoms with E-state index in [1.807, 2.05) is 29.0 Å². The minimum atomic E-state index is -0.344. The van der Waals surface area contributed by atoms with Crippen LogP contribution in [0.5, 0.6) is 0 Å². The summed E-state index contributed by atoms with van der Waals surface area (Å²) < 4.78 is 2.00. The van der Waals surface area contributed by atoms with Gasteiger partial charge in [0.2, 0.25) is 5.91 Å². The molecule has 0 aliphatic carbocycles. The van der Waals surface area contributed by atoms with Crippen molar-refractivity contribution in [3.63, 3.8) is 0 Å². The molecule has 0 unspecified atom stereocenters. The Morgan fingerprint density at radius 2 is 2.39 bits per heavy atom. The van der Waals surface area contributed by atoms with Crippen LogP contribution in [0.1, 0.15) is 13.8 Å². The molecule has 2 rings (SSSR count). The van der Waals surface area contributed by atoms with Crippen LogP contribution in [0.15, 0.2) is 22.7 Å². The van der Waals surface area contributed by atoms with Crippen LogP contribution in [-0.2, 0) is 11.3 Å². The van der Waals surface area contributed by atoms with Crippen molar-refractivity contribution >= 4 is 29.0 Å². The summed E-state index contributed by atoms with van der Waals surface area (Å²) in [5.41, 5.74) is 5.26. The van der Waals surface area contributed by atoms with E-state index in [-0.39, 0.29) is 11.2 Å². The second-order valence-electron chi connectivity index (χ2n) is 3.69. The summed E-state index contributed by atoms with van der Waals surface area (Å²) in [6.45, 7) is 4.56. The van der Waals surface area contributed by atoms with Gasteiger partial charge in [0.15, 0.2) is 11.0 Å². The molecular weight excluding hydrogens is 268 g/mol. The van der Waals surface area contributed by atoms with Crippen molar-refractivity contribution in [1.82, 2.24) is 14.8 Å². The number of carbonyl (C=O) groups is 1. The molecule has 0 aliphatic heterocycles. The molecular formula is C11H14N4OS2. The minimum absolute atomic E-state index is 0.310. The number of primary amides is 1. The lowest BCUT2D eigenvalue weighted by Crippen LogP contribution is -2.23. The highest BCUT2D eigenvalue weighted by Gasteiger charge is 2.18. The second-order valence-corrected chi connectivity index (χ2v) is 5.95. The molecule has 2 heterocycles. The van der Waals surface area contributed by atoms with E-state index in [4.69, 9.17) is 5.73 Å². The van der Waals surface area contributed by atoms with E-state index in [1.54, 1.807) is 18.3 Å². The number of thioether (sulfide) groups is 1. The maximum Gasteiger partial charge on any atom is 0.230 e. The molecule has 0 bridgehead atoms. The standard InChI is InChI=1S/C11H14N4OS2/c1-3-15-10(8-5-4-6-17-8)13-14-11(15)18-7(2)9(12)16/h4-7H,3H2,1-2H3,(H2,12,16)/t7-/m1/s1. The fraction of sp³-hybridized carbons (Fsp3) is 0.364. The quantitative estimate of drug-likeness (QED) is 0.851. The first-order chi connectivity index (χ1) is 8.63. The van der Waals surface area contributed by atoms with Crippen LogP contribution in [0.4, 0.5) is 0 Å². The normalized spacial score (nSPS) is 12.6. The van der Waals surface area contributed by atoms with Gasteiger partial charge in [-0.25, -0.2) is 0 Å². The highest BCUT2D eigenvalue weighted by molar-refractivity contribution is 8.00. The maximum absolute atomic E-state index is 11.1. The van der Waals surface area contributed by atoms with E-state index >= 15 is 0 Å². The molecule has 0 aromatic carbocycles. The molecule has 96 valence electrons. The van der Waals surface area contributed by atoms with Gasteiger partial charge in [0, 0.05) is 6.54 Å². The number of hydrogen-bond acceptors (Lipinski definition) is 5. The summed E-state index contributed by atoms with van der Waals surface area (Å²) in [4.78, 5) is 12.2. The van der Waals surface area contributed by atoms with Gasteiger partial charge in [-0.3, -0.25) is 4.79 Å². The number of hydrogen-bond donors (Lipinski definition) is 1. The minimum Gasteiger partial charge on any atom is -0.369 e. The molecule has 1 atom stereocenters. The first kappa shape index (κ1) is 13.1. The molecule has 0 aliphatic rings. The molecule has 2 aromatic heterocycles. The molecule has 2 N–H and O–H groups in total. The molecule has 0 radical (unpaired) electrons. The number of thiophene rings is 1. The average molecular weight is 282 g/mol. The Bertz CT molecular complexity index is 535. The smallest absolute Gasteiger partial charge is 0.230 e. The third kappa shape index (κ3) is 2.56. The molecule has 0 saturated carbocycles. The number of amides is 1. The van der Waals surface area contributed by atoms with Gasteiger partial charge in [0.25, 0.3) is 0 Å². The van der Waals surface area contributed by atoms with Crippen LogP contribution >= 0.6 is 23.1 Å². The molecule has 18 heavy (non-hydrogen) atoms. The van der Waals surface area contributed by atoms with Crippen LogP contribution < -0.4 is 5.73 Å². The molecule has 1 amide bonds. The van der Waals surface area contributed by atoms with Crippen molar-refractivity contribution in [3.8, 4) is 10.7 Å². The van der Waals surface area contributed by atoms with Crippen molar-refractivity contribution in [2.45, 2.75) is 30.8 Å². The van der Waals surface area contributed by atoms with Crippen molar-refractivity contribution in [2.24, 2.45) is 5.73 Å². The van der Waals surface area contributed by atoms with Gasteiger partial charge in [-0.15, -0.1) is 21.5 Å². The zero-order valence-electron chi connectivity index (χ0n) is 10.2. The largest absolute Gasteiger partial charge is 0.369 e. The number of aromatic nitrogens is 3. The highest BCUT2D eigenvalue weighted by Crippen LogP contribution is 2.28. The molecule has 0 saturated heterocycles. The lowest BCUT2D eigenvalue weighted by molar-refractivity contribution is -0.117. The average Bonchev–Trinajstić information content (AvgIpc) is 2.96. The summed E-state index contributed by atoms with van der Waals surface area (Å²) in [5, 5.41) is 10.8. The van der Waals surface area contributed by atoms with Gasteiger partial charge in [-0.1, -0.05) is 17.8 Å². The molecule has 7 heteroatoms. The van der Waals surface area contributed by atoms with Gasteiger partial charge in [-0.05, 0) is 25.3 Å². The monoisotopic (exact) mass is 282 g/mol. The Balaban J connectivity index is 2.30. The van der Waals surface area contributed by atoms with E-state index in [0.717, 1.165) is 22.4 Å². The lowest BCUT2D eigenvalue weighted by atomic mass is 10.4. The highest BCUT2D eigenvalue weighted by atomic mass is 32.2. The Labute approximate surface area is 113 Å². The Morgan fingerprint density at radius 1 is 1.61 bits per heavy atom. The fourth-order valence-corrected chi connectivity index (χ4v) is 3.05. The van der Waals surface area contributed by atoms with Crippen molar-refractivity contribution in [1.29, 1.82) is 0 Å². The summed E-state index contributed by atoms with van der Waals surface area (Å²) in [7, 11) is 0. The van der Waals surface area contributed by atoms with Gasteiger partial charge in [0.1, 0.15) is 0 Å². The first-order valence-corrected chi connectivity index (χ1v) is 7.32. The van der Waals surface area contributed by atoms with E-state index in [1.165, 1.54) is 11.8 Å². The Kier molecular flexibility index (Phi) is 4.03. The van der Waals surface area contributed by atoms with Gasteiger partial charge < -0.3 is 10.3 Å². The predicted octanol–water partition coefficient (Wildman–Crippen LogP) is 1.99. The Hall–Kier alpha value is -1.34. The van der Waals surface area contributed by atoms with Crippen molar-refractivity contribution in [2.75, 3.05) is 0 Å². The van der Waals surface area contributed by atoms with Crippen LogP contribution in [-0.4, -0.2) is 25.9 Å². The summed E-state index contributed by atoms with van der Waals surface area (Å²) in [6, 6.07) is 3.99. The number of nitrogens with two attached hydrogens (primary N) is 1. The second kappa shape index (κ2) is 5.53. The predicted molar refractivity (Wildman–Crippen MR) is 73.5 cm³/mol. The molecule has 2 aromatic rings. The zero-order valence-corrected chi connectivity index (χ0v) is 11.8. The summed E-state index contributed by atoms with van der Waals surface area (Å²) >= 11 is 2.96. The first-order valence-electron chi connectivity index (χ1n) is 5.56. The lowest BCUT2D eigenvalue weighted by Gasteiger charge is -2.08. The molecule has 0 spiro atoms. The molecule has 0 fully saturated rings.